The molecule has 32 heavy (non-hydrogen) atoms. The van der Waals surface area contributed by atoms with Crippen LogP contribution in [0.1, 0.15) is 79.1 Å². The summed E-state index contributed by atoms with van der Waals surface area (Å²) in [5, 5.41) is 17.0. The van der Waals surface area contributed by atoms with Crippen LogP contribution in [-0.4, -0.2) is 48.3 Å². The Morgan fingerprint density at radius 2 is 0.562 bits per heavy atom. The maximum absolute atomic E-state index is 4.24. The quantitative estimate of drug-likeness (QED) is 0.466. The Hall–Kier alpha value is -0.160. The second kappa shape index (κ2) is 7.67. The van der Waals surface area contributed by atoms with Crippen LogP contribution < -0.4 is 21.3 Å². The lowest BCUT2D eigenvalue weighted by Crippen LogP contribution is -2.53. The van der Waals surface area contributed by atoms with Gasteiger partial charge in [0.15, 0.2) is 0 Å². The van der Waals surface area contributed by atoms with Crippen molar-refractivity contribution in [3.8, 4) is 0 Å². The average Bonchev–Trinajstić information content (AvgIpc) is 3.48. The molecule has 16 unspecified atom stereocenters. The molecule has 7 aliphatic rings. The molecule has 2 aliphatic carbocycles. The van der Waals surface area contributed by atoms with Crippen molar-refractivity contribution in [1.82, 2.24) is 21.3 Å². The summed E-state index contributed by atoms with van der Waals surface area (Å²) in [6, 6.07) is 5.80. The van der Waals surface area contributed by atoms with E-state index in [9.17, 15) is 0 Å². The van der Waals surface area contributed by atoms with Gasteiger partial charge in [0.05, 0.1) is 0 Å². The molecule has 2 saturated carbocycles. The minimum Gasteiger partial charge on any atom is -0.309 e. The monoisotopic (exact) mass is 440 g/mol. The van der Waals surface area contributed by atoms with E-state index in [1.54, 1.807) is 0 Å². The molecule has 0 amide bonds. The zero-order chi connectivity index (χ0) is 21.7. The van der Waals surface area contributed by atoms with Crippen molar-refractivity contribution >= 4 is 0 Å². The van der Waals surface area contributed by atoms with Crippen molar-refractivity contribution in [2.75, 3.05) is 0 Å². The molecule has 0 spiro atoms. The normalized spacial score (nSPS) is 63.4. The third-order valence-electron chi connectivity index (χ3n) is 12.7. The van der Waals surface area contributed by atoms with Gasteiger partial charge < -0.3 is 21.3 Å². The molecule has 5 saturated heterocycles. The summed E-state index contributed by atoms with van der Waals surface area (Å²) in [5.41, 5.74) is 0. The van der Waals surface area contributed by atoms with Crippen LogP contribution in [0, 0.1) is 47.3 Å². The third-order valence-corrected chi connectivity index (χ3v) is 12.7. The predicted octanol–water partition coefficient (Wildman–Crippen LogP) is 3.52. The minimum absolute atomic E-state index is 0.722. The molecular formula is C28H48N4. The van der Waals surface area contributed by atoms with E-state index >= 15 is 0 Å². The molecule has 0 radical (unpaired) electrons. The van der Waals surface area contributed by atoms with Gasteiger partial charge in [-0.05, 0) is 98.7 Å². The Balaban J connectivity index is 1.20. The summed E-state index contributed by atoms with van der Waals surface area (Å²) >= 11 is 0. The van der Waals surface area contributed by atoms with Gasteiger partial charge in [0.25, 0.3) is 0 Å². The highest BCUT2D eigenvalue weighted by Crippen LogP contribution is 2.50. The van der Waals surface area contributed by atoms with Gasteiger partial charge in [-0.2, -0.15) is 0 Å². The average molecular weight is 441 g/mol. The Morgan fingerprint density at radius 3 is 0.781 bits per heavy atom. The van der Waals surface area contributed by atoms with Gasteiger partial charge in [0.1, 0.15) is 0 Å². The molecule has 180 valence electrons. The predicted molar refractivity (Wildman–Crippen MR) is 130 cm³/mol. The van der Waals surface area contributed by atoms with E-state index in [-0.39, 0.29) is 0 Å². The molecule has 7 rings (SSSR count). The molecule has 5 aliphatic heterocycles. The summed E-state index contributed by atoms with van der Waals surface area (Å²) in [6.45, 7) is 10.3. The van der Waals surface area contributed by atoms with Crippen molar-refractivity contribution in [3.63, 3.8) is 0 Å². The number of fused-ring (bicyclic) bond motifs is 4. The van der Waals surface area contributed by atoms with Crippen LogP contribution in [0.3, 0.4) is 0 Å². The van der Waals surface area contributed by atoms with Crippen LogP contribution >= 0.6 is 0 Å². The fourth-order valence-corrected chi connectivity index (χ4v) is 10.7. The SMILES string of the molecule is CC1C2CCC3NC4C(CCC5C(C)C(CCC6NC7C(CCC1C7N2)C6C)NC54)C3C. The lowest BCUT2D eigenvalue weighted by atomic mass is 9.69. The minimum atomic E-state index is 0.722. The van der Waals surface area contributed by atoms with Crippen molar-refractivity contribution in [2.45, 2.75) is 127 Å². The molecule has 0 aromatic rings. The van der Waals surface area contributed by atoms with Gasteiger partial charge in [0, 0.05) is 48.3 Å². The first kappa shape index (κ1) is 21.1. The highest BCUT2D eigenvalue weighted by atomic mass is 15.2. The van der Waals surface area contributed by atoms with E-state index in [0.717, 1.165) is 95.7 Å². The van der Waals surface area contributed by atoms with Gasteiger partial charge in [-0.3, -0.25) is 0 Å². The summed E-state index contributed by atoms with van der Waals surface area (Å²) in [7, 11) is 0. The maximum atomic E-state index is 4.24. The first-order chi connectivity index (χ1) is 15.5. The number of hydrogen-bond donors (Lipinski definition) is 4. The van der Waals surface area contributed by atoms with E-state index < -0.39 is 0 Å². The van der Waals surface area contributed by atoms with Crippen LogP contribution in [-0.2, 0) is 0 Å². The topological polar surface area (TPSA) is 48.1 Å². The fraction of sp³-hybridized carbons (Fsp3) is 1.00. The van der Waals surface area contributed by atoms with Crippen molar-refractivity contribution in [1.29, 1.82) is 0 Å². The van der Waals surface area contributed by atoms with Crippen molar-refractivity contribution < 1.29 is 0 Å². The molecule has 0 aromatic heterocycles. The van der Waals surface area contributed by atoms with Gasteiger partial charge in [-0.25, -0.2) is 0 Å². The van der Waals surface area contributed by atoms with Crippen LogP contribution in [0.5, 0.6) is 0 Å². The molecule has 5 heterocycles. The molecule has 7 fully saturated rings. The van der Waals surface area contributed by atoms with Crippen molar-refractivity contribution in [3.05, 3.63) is 0 Å². The van der Waals surface area contributed by atoms with E-state index in [0.29, 0.717) is 0 Å². The van der Waals surface area contributed by atoms with E-state index in [4.69, 9.17) is 0 Å². The highest BCUT2D eigenvalue weighted by molar-refractivity contribution is 5.14. The summed E-state index contributed by atoms with van der Waals surface area (Å²) in [4.78, 5) is 0. The number of nitrogens with one attached hydrogen (secondary N) is 4. The second-order valence-electron chi connectivity index (χ2n) is 13.6. The third kappa shape index (κ3) is 2.94. The summed E-state index contributed by atoms with van der Waals surface area (Å²) in [5.74, 6) is 6.94. The Bertz CT molecular complexity index is 606. The summed E-state index contributed by atoms with van der Waals surface area (Å²) < 4.78 is 0. The van der Waals surface area contributed by atoms with Gasteiger partial charge >= 0.3 is 0 Å². The molecule has 4 heteroatoms. The smallest absolute Gasteiger partial charge is 0.0258 e. The van der Waals surface area contributed by atoms with Crippen LogP contribution in [0.25, 0.3) is 0 Å². The Kier molecular flexibility index (Phi) is 5.07. The van der Waals surface area contributed by atoms with Crippen LogP contribution in [0.15, 0.2) is 0 Å². The van der Waals surface area contributed by atoms with Crippen LogP contribution in [0.4, 0.5) is 0 Å². The molecule has 8 bridgehead atoms. The first-order valence-corrected chi connectivity index (χ1v) is 14.6. The van der Waals surface area contributed by atoms with E-state index in [2.05, 4.69) is 49.0 Å². The van der Waals surface area contributed by atoms with Crippen LogP contribution in [0.2, 0.25) is 0 Å². The van der Waals surface area contributed by atoms with Gasteiger partial charge in [-0.15, -0.1) is 0 Å². The molecular weight excluding hydrogens is 392 g/mol. The van der Waals surface area contributed by atoms with Gasteiger partial charge in [-0.1, -0.05) is 27.7 Å². The van der Waals surface area contributed by atoms with Gasteiger partial charge in [0.2, 0.25) is 0 Å². The highest BCUT2D eigenvalue weighted by Gasteiger charge is 2.56. The zero-order valence-corrected chi connectivity index (χ0v) is 20.9. The molecule has 4 nitrogen and oxygen atoms in total. The van der Waals surface area contributed by atoms with E-state index in [1.807, 2.05) is 0 Å². The maximum Gasteiger partial charge on any atom is 0.0258 e. The molecule has 16 atom stereocenters. The first-order valence-electron chi connectivity index (χ1n) is 14.6. The molecule has 0 aromatic carbocycles. The fourth-order valence-electron chi connectivity index (χ4n) is 10.7. The van der Waals surface area contributed by atoms with Crippen molar-refractivity contribution in [2.24, 2.45) is 47.3 Å². The Morgan fingerprint density at radius 1 is 0.344 bits per heavy atom. The lowest BCUT2D eigenvalue weighted by molar-refractivity contribution is 0.176. The number of rotatable bonds is 0. The number of hydrogen-bond acceptors (Lipinski definition) is 4. The second-order valence-corrected chi connectivity index (χ2v) is 13.6. The van der Waals surface area contributed by atoms with E-state index in [1.165, 1.54) is 51.4 Å². The summed E-state index contributed by atoms with van der Waals surface area (Å²) in [6.07, 6.45) is 11.3. The standard InChI is InChI=1S/C28H48N4/c1-13-17-5-6-18-14(2)23-11-12-24-16(4)20-8-7-19-15(3)22(31-27(19)28(20)32-24)10-9-21(13)29-25(17)26(18)30-23/h13-32H,5-12H2,1-4H3. The largest absolute Gasteiger partial charge is 0.309 e. The zero-order valence-electron chi connectivity index (χ0n) is 20.9. The lowest BCUT2D eigenvalue weighted by Gasteiger charge is -2.38. The molecule has 4 N–H and O–H groups in total. The Labute approximate surface area is 196 Å².